The van der Waals surface area contributed by atoms with Crippen LogP contribution in [0.25, 0.3) is 42.9 Å². The summed E-state index contributed by atoms with van der Waals surface area (Å²) >= 11 is 1.60. The number of nitrogens with one attached hydrogen (secondary N) is 4. The van der Waals surface area contributed by atoms with Gasteiger partial charge in [0.1, 0.15) is 28.6 Å². The molecule has 2 saturated heterocycles. The van der Waals surface area contributed by atoms with Crippen LogP contribution in [0.4, 0.5) is 9.59 Å². The summed E-state index contributed by atoms with van der Waals surface area (Å²) in [5.41, 5.74) is 5.80. The van der Waals surface area contributed by atoms with Crippen LogP contribution < -0.4 is 10.6 Å². The van der Waals surface area contributed by atoms with Gasteiger partial charge in [0.25, 0.3) is 0 Å². The molecule has 0 bridgehead atoms. The molecule has 2 fully saturated rings. The average Bonchev–Trinajstić information content (AvgIpc) is 4.02. The van der Waals surface area contributed by atoms with Gasteiger partial charge in [-0.1, -0.05) is 71.9 Å². The number of methoxy groups -OCH3 is 2. The number of fused-ring (bicyclic) bond motifs is 2. The zero-order valence-electron chi connectivity index (χ0n) is 33.7. The van der Waals surface area contributed by atoms with Crippen LogP contribution >= 0.6 is 11.3 Å². The third kappa shape index (κ3) is 8.07. The minimum absolute atomic E-state index is 0.109. The first-order chi connectivity index (χ1) is 27.2. The van der Waals surface area contributed by atoms with Gasteiger partial charge >= 0.3 is 12.2 Å². The first-order valence-electron chi connectivity index (χ1n) is 19.6. The van der Waals surface area contributed by atoms with Crippen LogP contribution in [0.3, 0.4) is 0 Å². The van der Waals surface area contributed by atoms with E-state index >= 15 is 0 Å². The third-order valence-electron chi connectivity index (χ3n) is 11.2. The van der Waals surface area contributed by atoms with Crippen molar-refractivity contribution in [1.82, 2.24) is 40.4 Å². The second-order valence-corrected chi connectivity index (χ2v) is 17.3. The Balaban J connectivity index is 1.06. The van der Waals surface area contributed by atoms with Crippen LogP contribution in [0.1, 0.15) is 78.1 Å². The van der Waals surface area contributed by atoms with Gasteiger partial charge in [0, 0.05) is 18.0 Å². The number of benzene rings is 2. The molecule has 57 heavy (non-hydrogen) atoms. The van der Waals surface area contributed by atoms with Gasteiger partial charge in [-0.3, -0.25) is 9.59 Å². The molecule has 5 aromatic rings. The molecule has 14 nitrogen and oxygen atoms in total. The van der Waals surface area contributed by atoms with Crippen LogP contribution in [-0.4, -0.2) is 93.1 Å². The maximum Gasteiger partial charge on any atom is 0.407 e. The molecule has 4 N–H and O–H groups in total. The van der Waals surface area contributed by atoms with E-state index in [2.05, 4.69) is 76.9 Å². The molecule has 0 aliphatic carbocycles. The van der Waals surface area contributed by atoms with Crippen molar-refractivity contribution in [2.24, 2.45) is 23.7 Å². The molecule has 2 aromatic carbocycles. The van der Waals surface area contributed by atoms with E-state index in [0.29, 0.717) is 13.1 Å². The fourth-order valence-corrected chi connectivity index (χ4v) is 9.18. The lowest BCUT2D eigenvalue weighted by Gasteiger charge is -2.30. The zero-order chi connectivity index (χ0) is 40.7. The fourth-order valence-electron chi connectivity index (χ4n) is 8.18. The van der Waals surface area contributed by atoms with E-state index in [1.807, 2.05) is 43.6 Å². The Morgan fingerprint density at radius 3 is 1.70 bits per heavy atom. The lowest BCUT2D eigenvalue weighted by molar-refractivity contribution is -0.136. The topological polar surface area (TPSA) is 175 Å². The standard InChI is InChI=1S/C42H52N8O6S/c1-21(2)34(46-41(53)55-7)39(51)49-19-23(5)15-31(49)36-43-28-14-13-27(17-29(28)44-36)25-9-11-26(12-10-25)33-18-30-38(57-33)48-37(45-30)32-16-24(6)20-50(32)40(52)35(22(3)4)47-42(54)56-8/h9-14,17-18,21-24,31-32,34-35H,15-16,19-20H2,1-8H3,(H,43,44)(H,45,48)(H,46,53)(H,47,54)/t23-,24-,31-,32-,34-,35?/m0/s1. The van der Waals surface area contributed by atoms with E-state index in [4.69, 9.17) is 19.4 Å². The predicted octanol–water partition coefficient (Wildman–Crippen LogP) is 7.41. The Morgan fingerprint density at radius 1 is 0.702 bits per heavy atom. The van der Waals surface area contributed by atoms with Crippen LogP contribution in [0.2, 0.25) is 0 Å². The lowest BCUT2D eigenvalue weighted by atomic mass is 10.0. The van der Waals surface area contributed by atoms with Gasteiger partial charge in [0.05, 0.1) is 42.9 Å². The first kappa shape index (κ1) is 39.8. The number of hydrogen-bond donors (Lipinski definition) is 4. The number of ether oxygens (including phenoxy) is 2. The van der Waals surface area contributed by atoms with E-state index in [0.717, 1.165) is 67.4 Å². The number of aromatic amines is 2. The van der Waals surface area contributed by atoms with Crippen LogP contribution in [0.5, 0.6) is 0 Å². The van der Waals surface area contributed by atoms with Gasteiger partial charge in [-0.15, -0.1) is 11.3 Å². The van der Waals surface area contributed by atoms with E-state index < -0.39 is 24.3 Å². The van der Waals surface area contributed by atoms with Gasteiger partial charge in [-0.25, -0.2) is 19.6 Å². The lowest BCUT2D eigenvalue weighted by Crippen LogP contribution is -2.51. The van der Waals surface area contributed by atoms with Crippen molar-refractivity contribution < 1.29 is 28.7 Å². The number of thiophene rings is 1. The van der Waals surface area contributed by atoms with Crippen molar-refractivity contribution >= 4 is 56.7 Å². The molecule has 15 heteroatoms. The van der Waals surface area contributed by atoms with Crippen molar-refractivity contribution in [1.29, 1.82) is 0 Å². The molecule has 3 aromatic heterocycles. The average molecular weight is 797 g/mol. The van der Waals surface area contributed by atoms with Gasteiger partial charge in [0.2, 0.25) is 11.8 Å². The molecule has 1 unspecified atom stereocenters. The number of amides is 4. The number of hydrogen-bond acceptors (Lipinski definition) is 9. The maximum absolute atomic E-state index is 13.8. The summed E-state index contributed by atoms with van der Waals surface area (Å²) < 4.78 is 9.57. The van der Waals surface area contributed by atoms with E-state index in [9.17, 15) is 19.2 Å². The number of rotatable bonds is 10. The monoisotopic (exact) mass is 796 g/mol. The summed E-state index contributed by atoms with van der Waals surface area (Å²) in [7, 11) is 2.59. The second kappa shape index (κ2) is 16.2. The van der Waals surface area contributed by atoms with E-state index in [1.165, 1.54) is 14.2 Å². The highest BCUT2D eigenvalue weighted by Crippen LogP contribution is 2.40. The number of likely N-dealkylation sites (tertiary alicyclic amines) is 2. The van der Waals surface area contributed by atoms with Crippen LogP contribution in [0, 0.1) is 23.7 Å². The number of aromatic nitrogens is 4. The molecule has 6 atom stereocenters. The van der Waals surface area contributed by atoms with Crippen molar-refractivity contribution in [3.8, 4) is 21.6 Å². The van der Waals surface area contributed by atoms with Gasteiger partial charge in [0.15, 0.2) is 0 Å². The summed E-state index contributed by atoms with van der Waals surface area (Å²) in [5, 5.41) is 5.44. The summed E-state index contributed by atoms with van der Waals surface area (Å²) in [6.07, 6.45) is 0.301. The third-order valence-corrected chi connectivity index (χ3v) is 12.3. The molecule has 0 saturated carbocycles. The normalized spacial score (nSPS) is 20.7. The second-order valence-electron chi connectivity index (χ2n) is 16.3. The molecule has 2 aliphatic heterocycles. The molecule has 302 valence electrons. The van der Waals surface area contributed by atoms with Crippen molar-refractivity contribution in [3.05, 3.63) is 60.2 Å². The first-order valence-corrected chi connectivity index (χ1v) is 20.5. The molecule has 4 amide bonds. The number of imidazole rings is 2. The van der Waals surface area contributed by atoms with E-state index in [1.54, 1.807) is 11.3 Å². The molecule has 5 heterocycles. The van der Waals surface area contributed by atoms with Crippen LogP contribution in [-0.2, 0) is 19.1 Å². The van der Waals surface area contributed by atoms with Gasteiger partial charge in [-0.2, -0.15) is 0 Å². The zero-order valence-corrected chi connectivity index (χ0v) is 34.5. The Labute approximate surface area is 336 Å². The quantitative estimate of drug-likeness (QED) is 0.113. The Morgan fingerprint density at radius 2 is 1.19 bits per heavy atom. The highest BCUT2D eigenvalue weighted by atomic mass is 32.1. The van der Waals surface area contributed by atoms with Crippen molar-refractivity contribution in [2.45, 2.75) is 78.6 Å². The minimum atomic E-state index is -0.702. The summed E-state index contributed by atoms with van der Waals surface area (Å²) in [4.78, 5) is 74.1. The summed E-state index contributed by atoms with van der Waals surface area (Å²) in [6, 6.07) is 14.9. The number of carbonyl (C=O) groups is 4. The molecular formula is C42H52N8O6S. The molecule has 0 radical (unpaired) electrons. The van der Waals surface area contributed by atoms with Gasteiger partial charge < -0.3 is 39.9 Å². The van der Waals surface area contributed by atoms with Crippen molar-refractivity contribution in [2.75, 3.05) is 27.3 Å². The Kier molecular flexibility index (Phi) is 11.3. The smallest absolute Gasteiger partial charge is 0.407 e. The van der Waals surface area contributed by atoms with E-state index in [-0.39, 0.29) is 47.6 Å². The number of H-pyrrole nitrogens is 2. The number of nitrogens with zero attached hydrogens (tertiary/aromatic N) is 4. The SMILES string of the molecule is COC(=O)NC(C(=O)N1C[C@@H](C)C[C@H]1c1nc2sc(-c3ccc(-c4ccc5nc([C@@H]6C[C@H](C)CN6C(=O)[C@@H](NC(=O)OC)C(C)C)[nH]c5c4)cc3)cc2[nH]1)C(C)C. The molecular weight excluding hydrogens is 745 g/mol. The summed E-state index contributed by atoms with van der Waals surface area (Å²) in [6.45, 7) is 13.1. The fraction of sp³-hybridized carbons (Fsp3) is 0.476. The Hall–Kier alpha value is -5.44. The highest BCUT2D eigenvalue weighted by Gasteiger charge is 2.41. The molecule has 7 rings (SSSR count). The molecule has 2 aliphatic rings. The highest BCUT2D eigenvalue weighted by molar-refractivity contribution is 7.21. The Bertz CT molecular complexity index is 2250. The largest absolute Gasteiger partial charge is 0.453 e. The number of carbonyl (C=O) groups excluding carboxylic acids is 4. The minimum Gasteiger partial charge on any atom is -0.453 e. The van der Waals surface area contributed by atoms with Crippen molar-refractivity contribution in [3.63, 3.8) is 0 Å². The maximum atomic E-state index is 13.8. The number of alkyl carbamates (subject to hydrolysis) is 2. The predicted molar refractivity (Wildman–Crippen MR) is 219 cm³/mol. The van der Waals surface area contributed by atoms with Gasteiger partial charge in [-0.05, 0) is 71.4 Å². The van der Waals surface area contributed by atoms with Crippen LogP contribution in [0.15, 0.2) is 48.5 Å². The summed E-state index contributed by atoms with van der Waals surface area (Å²) in [5.74, 6) is 1.56. The molecule has 0 spiro atoms.